The number of aromatic nitrogens is 1. The summed E-state index contributed by atoms with van der Waals surface area (Å²) in [5.41, 5.74) is 1.49. The lowest BCUT2D eigenvalue weighted by atomic mass is 10.1. The molecule has 0 unspecified atom stereocenters. The van der Waals surface area contributed by atoms with E-state index in [9.17, 15) is 9.59 Å². The molecule has 2 aromatic rings. The first kappa shape index (κ1) is 19.7. The van der Waals surface area contributed by atoms with E-state index in [-0.39, 0.29) is 30.3 Å². The molecule has 0 fully saturated rings. The van der Waals surface area contributed by atoms with E-state index < -0.39 is 6.10 Å². The van der Waals surface area contributed by atoms with E-state index in [1.165, 1.54) is 0 Å². The van der Waals surface area contributed by atoms with Crippen molar-refractivity contribution in [1.82, 2.24) is 10.3 Å². The third-order valence-corrected chi connectivity index (χ3v) is 4.01. The molecule has 0 aliphatic carbocycles. The van der Waals surface area contributed by atoms with Crippen LogP contribution >= 0.6 is 12.4 Å². The molecule has 0 bridgehead atoms. The topological polar surface area (TPSA) is 92.3 Å². The molecule has 138 valence electrons. The number of nitrogens with one attached hydrogen (secondary N) is 3. The Bertz CT molecular complexity index is 785. The van der Waals surface area contributed by atoms with Gasteiger partial charge in [0, 0.05) is 6.42 Å². The van der Waals surface area contributed by atoms with Crippen LogP contribution in [0.2, 0.25) is 0 Å². The fraction of sp³-hybridized carbons (Fsp3) is 0.278. The Balaban J connectivity index is 0.00000243. The fourth-order valence-corrected chi connectivity index (χ4v) is 2.42. The zero-order valence-electron chi connectivity index (χ0n) is 14.5. The number of fused-ring (bicyclic) bond motifs is 1. The molecule has 1 aromatic carbocycles. The van der Waals surface area contributed by atoms with Crippen LogP contribution in [0.25, 0.3) is 0 Å². The molecule has 1 aromatic heterocycles. The predicted molar refractivity (Wildman–Crippen MR) is 102 cm³/mol. The highest BCUT2D eigenvalue weighted by Gasteiger charge is 2.29. The van der Waals surface area contributed by atoms with Gasteiger partial charge in [0.1, 0.15) is 11.5 Å². The summed E-state index contributed by atoms with van der Waals surface area (Å²) in [6.07, 6.45) is -0.217. The van der Waals surface area contributed by atoms with Crippen molar-refractivity contribution in [2.45, 2.75) is 25.5 Å². The van der Waals surface area contributed by atoms with Crippen LogP contribution in [-0.2, 0) is 16.0 Å². The molecule has 1 aliphatic rings. The number of anilines is 2. The largest absolute Gasteiger partial charge is 0.462 e. The monoisotopic (exact) mass is 376 g/mol. The molecule has 7 nitrogen and oxygen atoms in total. The van der Waals surface area contributed by atoms with Crippen LogP contribution in [0.5, 0.6) is 5.88 Å². The number of likely N-dealkylation sites (N-methyl/N-ethyl adjacent to an activating group) is 1. The highest BCUT2D eigenvalue weighted by molar-refractivity contribution is 5.98. The minimum absolute atomic E-state index is 0. The zero-order valence-corrected chi connectivity index (χ0v) is 15.3. The molecule has 26 heavy (non-hydrogen) atoms. The quantitative estimate of drug-likeness (QED) is 0.742. The standard InChI is InChI=1S/C18H20N4O3.ClH/c1-11(19-2)16(23)21-15-9-8-13-18(22-15)25-14(17(24)20-13)10-12-6-4-3-5-7-12;/h3-9,11,14,19H,10H2,1-2H3,(H,20,24)(H,21,22,23);1H/t11-,14-;/m0./s1. The Hall–Kier alpha value is -2.64. The van der Waals surface area contributed by atoms with Gasteiger partial charge in [-0.3, -0.25) is 9.59 Å². The van der Waals surface area contributed by atoms with Crippen molar-refractivity contribution in [2.75, 3.05) is 17.7 Å². The first-order valence-electron chi connectivity index (χ1n) is 8.07. The number of hydrogen-bond donors (Lipinski definition) is 3. The molecule has 2 heterocycles. The first-order valence-corrected chi connectivity index (χ1v) is 8.07. The molecule has 8 heteroatoms. The summed E-state index contributed by atoms with van der Waals surface area (Å²) in [6, 6.07) is 12.6. The molecule has 3 N–H and O–H groups in total. The number of halogens is 1. The molecule has 2 amide bonds. The molecular weight excluding hydrogens is 356 g/mol. The Morgan fingerprint density at radius 2 is 2.00 bits per heavy atom. The van der Waals surface area contributed by atoms with Gasteiger partial charge >= 0.3 is 0 Å². The highest BCUT2D eigenvalue weighted by Crippen LogP contribution is 2.29. The van der Waals surface area contributed by atoms with E-state index in [4.69, 9.17) is 4.74 Å². The van der Waals surface area contributed by atoms with E-state index in [1.54, 1.807) is 26.1 Å². The van der Waals surface area contributed by atoms with Crippen LogP contribution in [0.4, 0.5) is 11.5 Å². The lowest BCUT2D eigenvalue weighted by molar-refractivity contribution is -0.123. The minimum Gasteiger partial charge on any atom is -0.462 e. The number of amides is 2. The molecule has 2 atom stereocenters. The Morgan fingerprint density at radius 3 is 2.69 bits per heavy atom. The number of rotatable bonds is 5. The molecular formula is C18H21ClN4O3. The second kappa shape index (κ2) is 8.64. The Morgan fingerprint density at radius 1 is 1.27 bits per heavy atom. The fourth-order valence-electron chi connectivity index (χ4n) is 2.42. The second-order valence-electron chi connectivity index (χ2n) is 5.83. The smallest absolute Gasteiger partial charge is 0.266 e. The Labute approximate surface area is 157 Å². The minimum atomic E-state index is -0.662. The van der Waals surface area contributed by atoms with Crippen LogP contribution in [0, 0.1) is 0 Å². The SMILES string of the molecule is CN[C@@H](C)C(=O)Nc1ccc2c(n1)O[C@@H](Cc1ccccc1)C(=O)N2.Cl. The average Bonchev–Trinajstić information content (AvgIpc) is 2.62. The third kappa shape index (κ3) is 4.50. The molecule has 0 radical (unpaired) electrons. The summed E-state index contributed by atoms with van der Waals surface area (Å²) >= 11 is 0. The van der Waals surface area contributed by atoms with Gasteiger partial charge in [0.25, 0.3) is 5.91 Å². The maximum atomic E-state index is 12.2. The van der Waals surface area contributed by atoms with E-state index in [1.807, 2.05) is 30.3 Å². The molecule has 0 saturated heterocycles. The lowest BCUT2D eigenvalue weighted by Crippen LogP contribution is -2.39. The van der Waals surface area contributed by atoms with Gasteiger partial charge in [-0.1, -0.05) is 30.3 Å². The van der Waals surface area contributed by atoms with Crippen molar-refractivity contribution in [3.8, 4) is 5.88 Å². The lowest BCUT2D eigenvalue weighted by Gasteiger charge is -2.25. The van der Waals surface area contributed by atoms with Crippen molar-refractivity contribution >= 4 is 35.7 Å². The number of pyridine rings is 1. The maximum Gasteiger partial charge on any atom is 0.266 e. The molecule has 0 spiro atoms. The summed E-state index contributed by atoms with van der Waals surface area (Å²) in [4.78, 5) is 28.5. The third-order valence-electron chi connectivity index (χ3n) is 4.01. The zero-order chi connectivity index (χ0) is 17.8. The van der Waals surface area contributed by atoms with Gasteiger partial charge in [0.2, 0.25) is 11.8 Å². The van der Waals surface area contributed by atoms with Gasteiger partial charge in [0.05, 0.1) is 6.04 Å². The van der Waals surface area contributed by atoms with Crippen LogP contribution in [0.15, 0.2) is 42.5 Å². The van der Waals surface area contributed by atoms with Gasteiger partial charge in [0.15, 0.2) is 6.10 Å². The number of carbonyl (C=O) groups is 2. The number of hydrogen-bond acceptors (Lipinski definition) is 5. The van der Waals surface area contributed by atoms with Crippen LogP contribution < -0.4 is 20.7 Å². The maximum absolute atomic E-state index is 12.2. The van der Waals surface area contributed by atoms with Crippen molar-refractivity contribution in [3.63, 3.8) is 0 Å². The van der Waals surface area contributed by atoms with Gasteiger partial charge in [-0.15, -0.1) is 12.4 Å². The summed E-state index contributed by atoms with van der Waals surface area (Å²) < 4.78 is 5.77. The summed E-state index contributed by atoms with van der Waals surface area (Å²) in [5, 5.41) is 8.37. The number of benzene rings is 1. The highest BCUT2D eigenvalue weighted by atomic mass is 35.5. The van der Waals surface area contributed by atoms with Crippen molar-refractivity contribution in [2.24, 2.45) is 0 Å². The average molecular weight is 377 g/mol. The number of carbonyl (C=O) groups excluding carboxylic acids is 2. The normalized spacial score (nSPS) is 16.4. The number of nitrogens with zero attached hydrogens (tertiary/aromatic N) is 1. The summed E-state index contributed by atoms with van der Waals surface area (Å²) in [7, 11) is 1.71. The van der Waals surface area contributed by atoms with Crippen LogP contribution in [-0.4, -0.2) is 36.0 Å². The van der Waals surface area contributed by atoms with Crippen LogP contribution in [0.3, 0.4) is 0 Å². The molecule has 3 rings (SSSR count). The number of ether oxygens (including phenoxy) is 1. The summed E-state index contributed by atoms with van der Waals surface area (Å²) in [6.45, 7) is 1.75. The second-order valence-corrected chi connectivity index (χ2v) is 5.83. The first-order chi connectivity index (χ1) is 12.1. The van der Waals surface area contributed by atoms with Crippen LogP contribution in [0.1, 0.15) is 12.5 Å². The predicted octanol–water partition coefficient (Wildman–Crippen LogP) is 1.99. The van der Waals surface area contributed by atoms with Crippen molar-refractivity contribution < 1.29 is 14.3 Å². The van der Waals surface area contributed by atoms with Gasteiger partial charge < -0.3 is 20.7 Å². The summed E-state index contributed by atoms with van der Waals surface area (Å²) in [5.74, 6) is 0.269. The van der Waals surface area contributed by atoms with Gasteiger partial charge in [-0.25, -0.2) is 0 Å². The molecule has 1 aliphatic heterocycles. The Kier molecular flexibility index (Phi) is 6.54. The van der Waals surface area contributed by atoms with E-state index in [2.05, 4.69) is 20.9 Å². The van der Waals surface area contributed by atoms with E-state index in [0.29, 0.717) is 23.8 Å². The van der Waals surface area contributed by atoms with Crippen molar-refractivity contribution in [1.29, 1.82) is 0 Å². The van der Waals surface area contributed by atoms with E-state index >= 15 is 0 Å². The van der Waals surface area contributed by atoms with E-state index in [0.717, 1.165) is 5.56 Å². The van der Waals surface area contributed by atoms with Gasteiger partial charge in [-0.05, 0) is 31.7 Å². The molecule has 0 saturated carbocycles. The van der Waals surface area contributed by atoms with Crippen molar-refractivity contribution in [3.05, 3.63) is 48.0 Å². The van der Waals surface area contributed by atoms with Gasteiger partial charge in [-0.2, -0.15) is 4.98 Å².